The molecule has 9 nitrogen and oxygen atoms in total. The smallest absolute Gasteiger partial charge is 0.342 e. The van der Waals surface area contributed by atoms with Gasteiger partial charge in [-0.15, -0.1) is 10.2 Å². The molecule has 33 heavy (non-hydrogen) atoms. The van der Waals surface area contributed by atoms with Crippen LogP contribution in [0.4, 0.5) is 5.69 Å². The second-order valence-corrected chi connectivity index (χ2v) is 7.15. The van der Waals surface area contributed by atoms with E-state index >= 15 is 0 Å². The van der Waals surface area contributed by atoms with Crippen LogP contribution in [0.25, 0.3) is 11.5 Å². The number of ether oxygens (including phenoxy) is 2. The number of para-hydroxylation sites is 1. The Morgan fingerprint density at radius 2 is 1.79 bits per heavy atom. The molecule has 0 fully saturated rings. The third-order valence-corrected chi connectivity index (χ3v) is 4.70. The van der Waals surface area contributed by atoms with Gasteiger partial charge in [-0.3, -0.25) is 10.1 Å². The maximum atomic E-state index is 12.6. The van der Waals surface area contributed by atoms with Crippen molar-refractivity contribution in [3.8, 4) is 17.2 Å². The van der Waals surface area contributed by atoms with Gasteiger partial charge in [0.15, 0.2) is 6.61 Å². The molecule has 0 unspecified atom stereocenters. The number of esters is 1. The summed E-state index contributed by atoms with van der Waals surface area (Å²) >= 11 is 0. The van der Waals surface area contributed by atoms with Crippen LogP contribution in [0.15, 0.2) is 77.2 Å². The van der Waals surface area contributed by atoms with Crippen molar-refractivity contribution in [3.05, 3.63) is 105 Å². The largest absolute Gasteiger partial charge is 0.488 e. The monoisotopic (exact) mass is 445 g/mol. The molecule has 9 heteroatoms. The molecular weight excluding hydrogens is 426 g/mol. The summed E-state index contributed by atoms with van der Waals surface area (Å²) in [5.74, 6) is 0.0683. The van der Waals surface area contributed by atoms with Crippen LogP contribution in [-0.2, 0) is 18.0 Å². The molecule has 0 saturated carbocycles. The van der Waals surface area contributed by atoms with Crippen LogP contribution in [0, 0.1) is 17.0 Å². The summed E-state index contributed by atoms with van der Waals surface area (Å²) in [6.07, 6.45) is 0. The molecule has 0 atom stereocenters. The molecule has 4 rings (SSSR count). The van der Waals surface area contributed by atoms with Gasteiger partial charge in [0.05, 0.1) is 4.92 Å². The first-order valence-electron chi connectivity index (χ1n) is 10.0. The molecule has 3 aromatic carbocycles. The van der Waals surface area contributed by atoms with Gasteiger partial charge < -0.3 is 13.9 Å². The number of aromatic nitrogens is 2. The zero-order chi connectivity index (χ0) is 23.2. The van der Waals surface area contributed by atoms with Gasteiger partial charge in [0.2, 0.25) is 5.89 Å². The molecule has 0 bridgehead atoms. The Morgan fingerprint density at radius 3 is 2.55 bits per heavy atom. The molecule has 0 saturated heterocycles. The van der Waals surface area contributed by atoms with E-state index in [2.05, 4.69) is 10.2 Å². The van der Waals surface area contributed by atoms with E-state index in [1.54, 1.807) is 24.3 Å². The number of nitro groups is 1. The Bertz CT molecular complexity index is 1280. The van der Waals surface area contributed by atoms with Crippen molar-refractivity contribution >= 4 is 11.7 Å². The summed E-state index contributed by atoms with van der Waals surface area (Å²) in [4.78, 5) is 22.9. The minimum Gasteiger partial charge on any atom is -0.488 e. The van der Waals surface area contributed by atoms with Crippen LogP contribution in [0.2, 0.25) is 0 Å². The fraction of sp³-hybridized carbons (Fsp3) is 0.125. The lowest BCUT2D eigenvalue weighted by Gasteiger charge is -2.11. The lowest BCUT2D eigenvalue weighted by molar-refractivity contribution is -0.384. The van der Waals surface area contributed by atoms with Gasteiger partial charge in [0.25, 0.3) is 11.6 Å². The van der Waals surface area contributed by atoms with Crippen molar-refractivity contribution in [2.75, 3.05) is 0 Å². The van der Waals surface area contributed by atoms with E-state index in [0.717, 1.165) is 11.1 Å². The highest BCUT2D eigenvalue weighted by Gasteiger charge is 2.17. The van der Waals surface area contributed by atoms with E-state index in [0.29, 0.717) is 17.9 Å². The first kappa shape index (κ1) is 21.7. The Labute approximate surface area is 188 Å². The lowest BCUT2D eigenvalue weighted by Crippen LogP contribution is -2.08. The van der Waals surface area contributed by atoms with E-state index < -0.39 is 10.9 Å². The molecule has 4 aromatic rings. The van der Waals surface area contributed by atoms with Gasteiger partial charge in [0.1, 0.15) is 17.9 Å². The fourth-order valence-electron chi connectivity index (χ4n) is 3.08. The zero-order valence-electron chi connectivity index (χ0n) is 17.6. The third kappa shape index (κ3) is 5.40. The van der Waals surface area contributed by atoms with Crippen molar-refractivity contribution < 1.29 is 23.6 Å². The molecule has 0 aliphatic heterocycles. The quantitative estimate of drug-likeness (QED) is 0.214. The van der Waals surface area contributed by atoms with Gasteiger partial charge in [-0.2, -0.15) is 0 Å². The molecule has 166 valence electrons. The number of carbonyl (C=O) groups is 1. The van der Waals surface area contributed by atoms with E-state index in [9.17, 15) is 14.9 Å². The Morgan fingerprint density at radius 1 is 1.00 bits per heavy atom. The van der Waals surface area contributed by atoms with E-state index in [-0.39, 0.29) is 29.6 Å². The van der Waals surface area contributed by atoms with Crippen LogP contribution < -0.4 is 4.74 Å². The van der Waals surface area contributed by atoms with E-state index in [1.807, 2.05) is 31.2 Å². The molecule has 0 amide bonds. The summed E-state index contributed by atoms with van der Waals surface area (Å²) in [6.45, 7) is 2.08. The number of rotatable bonds is 8. The second-order valence-electron chi connectivity index (χ2n) is 7.15. The highest BCUT2D eigenvalue weighted by molar-refractivity contribution is 5.92. The fourth-order valence-corrected chi connectivity index (χ4v) is 3.08. The Hall–Kier alpha value is -4.53. The van der Waals surface area contributed by atoms with Crippen molar-refractivity contribution in [1.82, 2.24) is 10.2 Å². The lowest BCUT2D eigenvalue weighted by atomic mass is 10.1. The van der Waals surface area contributed by atoms with Gasteiger partial charge >= 0.3 is 5.97 Å². The van der Waals surface area contributed by atoms with Gasteiger partial charge in [-0.05, 0) is 36.8 Å². The molecule has 1 aromatic heterocycles. The summed E-state index contributed by atoms with van der Waals surface area (Å²) in [6, 6.07) is 20.4. The molecule has 0 aliphatic rings. The predicted molar refractivity (Wildman–Crippen MR) is 117 cm³/mol. The van der Waals surface area contributed by atoms with Crippen molar-refractivity contribution in [3.63, 3.8) is 0 Å². The number of benzene rings is 3. The van der Waals surface area contributed by atoms with Gasteiger partial charge in [-0.1, -0.05) is 42.0 Å². The van der Waals surface area contributed by atoms with Crippen molar-refractivity contribution in [2.45, 2.75) is 20.1 Å². The minimum atomic E-state index is -0.593. The number of carbonyl (C=O) groups excluding carboxylic acids is 1. The maximum Gasteiger partial charge on any atom is 0.342 e. The standard InChI is InChI=1S/C24H19N3O6/c1-16-5-4-6-17(13-16)14-31-21-8-3-2-7-20(21)24(28)32-15-22-25-26-23(33-22)18-9-11-19(12-10-18)27(29)30/h2-13H,14-15H2,1H3. The summed E-state index contributed by atoms with van der Waals surface area (Å²) in [5.41, 5.74) is 2.86. The van der Waals surface area contributed by atoms with Gasteiger partial charge in [0, 0.05) is 17.7 Å². The van der Waals surface area contributed by atoms with Crippen molar-refractivity contribution in [1.29, 1.82) is 0 Å². The average Bonchev–Trinajstić information content (AvgIpc) is 3.31. The third-order valence-electron chi connectivity index (χ3n) is 4.70. The van der Waals surface area contributed by atoms with Crippen molar-refractivity contribution in [2.24, 2.45) is 0 Å². The first-order valence-corrected chi connectivity index (χ1v) is 10.0. The minimum absolute atomic E-state index is 0.0456. The number of aryl methyl sites for hydroxylation is 1. The molecule has 0 N–H and O–H groups in total. The summed E-state index contributed by atoms with van der Waals surface area (Å²) in [7, 11) is 0. The van der Waals surface area contributed by atoms with Crippen LogP contribution in [0.3, 0.4) is 0 Å². The van der Waals surface area contributed by atoms with Crippen LogP contribution >= 0.6 is 0 Å². The molecule has 0 aliphatic carbocycles. The molecule has 1 heterocycles. The normalized spacial score (nSPS) is 10.6. The number of hydrogen-bond acceptors (Lipinski definition) is 8. The van der Waals surface area contributed by atoms with Crippen LogP contribution in [0.5, 0.6) is 5.75 Å². The number of non-ortho nitro benzene ring substituents is 1. The summed E-state index contributed by atoms with van der Waals surface area (Å²) in [5, 5.41) is 18.5. The first-order chi connectivity index (χ1) is 16.0. The highest BCUT2D eigenvalue weighted by atomic mass is 16.6. The predicted octanol–water partition coefficient (Wildman–Crippen LogP) is 4.89. The van der Waals surface area contributed by atoms with Gasteiger partial charge in [-0.25, -0.2) is 4.79 Å². The average molecular weight is 445 g/mol. The molecule has 0 radical (unpaired) electrons. The molecular formula is C24H19N3O6. The zero-order valence-corrected chi connectivity index (χ0v) is 17.6. The van der Waals surface area contributed by atoms with Crippen LogP contribution in [-0.4, -0.2) is 21.1 Å². The molecule has 0 spiro atoms. The second kappa shape index (κ2) is 9.73. The SMILES string of the molecule is Cc1cccc(COc2ccccc2C(=O)OCc2nnc(-c3ccc([N+](=O)[O-])cc3)o2)c1. The van der Waals surface area contributed by atoms with E-state index in [4.69, 9.17) is 13.9 Å². The number of hydrogen-bond donors (Lipinski definition) is 0. The van der Waals surface area contributed by atoms with E-state index in [1.165, 1.54) is 24.3 Å². The Balaban J connectivity index is 1.39. The highest BCUT2D eigenvalue weighted by Crippen LogP contribution is 2.23. The number of nitro benzene ring substituents is 1. The summed E-state index contributed by atoms with van der Waals surface area (Å²) < 4.78 is 16.7. The maximum absolute atomic E-state index is 12.6. The topological polar surface area (TPSA) is 118 Å². The Kier molecular flexibility index (Phi) is 6.40. The van der Waals surface area contributed by atoms with Crippen LogP contribution in [0.1, 0.15) is 27.4 Å². The number of nitrogens with zero attached hydrogens (tertiary/aromatic N) is 3.